The zero-order valence-corrected chi connectivity index (χ0v) is 12.6. The standard InChI is InChI=1S/C17H22N2O2/c1-12-5-6-15(10-14(12)4-3-8-18)17(21)19-9-7-16(20)13(2)11-19/h5-6,10,13,16,20H,7-9,11,18H2,1-2H3. The Morgan fingerprint density at radius 1 is 1.52 bits per heavy atom. The van der Waals surface area contributed by atoms with Crippen LogP contribution in [0.3, 0.4) is 0 Å². The first-order valence-corrected chi connectivity index (χ1v) is 7.30. The van der Waals surface area contributed by atoms with E-state index in [1.165, 1.54) is 0 Å². The fourth-order valence-corrected chi connectivity index (χ4v) is 2.54. The molecule has 0 radical (unpaired) electrons. The van der Waals surface area contributed by atoms with Crippen molar-refractivity contribution in [1.29, 1.82) is 0 Å². The number of aliphatic hydroxyl groups is 1. The van der Waals surface area contributed by atoms with E-state index >= 15 is 0 Å². The molecule has 2 unspecified atom stereocenters. The van der Waals surface area contributed by atoms with Gasteiger partial charge in [0.2, 0.25) is 0 Å². The third kappa shape index (κ3) is 3.63. The van der Waals surface area contributed by atoms with Gasteiger partial charge in [-0.15, -0.1) is 0 Å². The normalized spacial score (nSPS) is 21.6. The molecule has 4 heteroatoms. The highest BCUT2D eigenvalue weighted by Gasteiger charge is 2.27. The van der Waals surface area contributed by atoms with Gasteiger partial charge in [-0.1, -0.05) is 24.8 Å². The number of aliphatic hydroxyl groups excluding tert-OH is 1. The van der Waals surface area contributed by atoms with Crippen molar-refractivity contribution in [2.24, 2.45) is 11.7 Å². The number of piperidine rings is 1. The number of benzene rings is 1. The number of carbonyl (C=O) groups is 1. The molecule has 0 aliphatic carbocycles. The second kappa shape index (κ2) is 6.75. The molecule has 2 atom stereocenters. The molecule has 4 nitrogen and oxygen atoms in total. The average Bonchev–Trinajstić information content (AvgIpc) is 2.48. The Morgan fingerprint density at radius 3 is 2.95 bits per heavy atom. The van der Waals surface area contributed by atoms with E-state index in [0.29, 0.717) is 31.6 Å². The summed E-state index contributed by atoms with van der Waals surface area (Å²) in [5, 5.41) is 9.76. The maximum absolute atomic E-state index is 12.6. The molecule has 1 saturated heterocycles. The molecule has 112 valence electrons. The van der Waals surface area contributed by atoms with Crippen LogP contribution in [-0.4, -0.2) is 41.7 Å². The van der Waals surface area contributed by atoms with Crippen molar-refractivity contribution in [3.8, 4) is 11.8 Å². The lowest BCUT2D eigenvalue weighted by molar-refractivity contribution is 0.0297. The van der Waals surface area contributed by atoms with E-state index in [1.54, 1.807) is 0 Å². The maximum atomic E-state index is 12.6. The number of nitrogens with zero attached hydrogens (tertiary/aromatic N) is 1. The summed E-state index contributed by atoms with van der Waals surface area (Å²) >= 11 is 0. The predicted octanol–water partition coefficient (Wildman–Crippen LogP) is 1.15. The zero-order valence-electron chi connectivity index (χ0n) is 12.6. The first kappa shape index (κ1) is 15.6. The molecule has 0 spiro atoms. The number of hydrogen-bond acceptors (Lipinski definition) is 3. The number of carbonyl (C=O) groups excluding carboxylic acids is 1. The van der Waals surface area contributed by atoms with Gasteiger partial charge in [0.25, 0.3) is 5.91 Å². The maximum Gasteiger partial charge on any atom is 0.253 e. The van der Waals surface area contributed by atoms with Gasteiger partial charge < -0.3 is 15.7 Å². The van der Waals surface area contributed by atoms with Crippen molar-refractivity contribution in [2.75, 3.05) is 19.6 Å². The molecule has 1 aromatic carbocycles. The van der Waals surface area contributed by atoms with E-state index in [9.17, 15) is 9.90 Å². The summed E-state index contributed by atoms with van der Waals surface area (Å²) in [5.74, 6) is 5.94. The van der Waals surface area contributed by atoms with Crippen LogP contribution in [0.4, 0.5) is 0 Å². The smallest absolute Gasteiger partial charge is 0.253 e. The lowest BCUT2D eigenvalue weighted by Crippen LogP contribution is -2.44. The first-order chi connectivity index (χ1) is 10.0. The van der Waals surface area contributed by atoms with Gasteiger partial charge in [-0.05, 0) is 37.0 Å². The minimum absolute atomic E-state index is 0.00421. The quantitative estimate of drug-likeness (QED) is 0.761. The molecule has 1 aromatic rings. The van der Waals surface area contributed by atoms with Gasteiger partial charge in [0, 0.05) is 24.2 Å². The SMILES string of the molecule is Cc1ccc(C(=O)N2CCC(O)C(C)C2)cc1C#CCN. The number of nitrogens with two attached hydrogens (primary N) is 1. The van der Waals surface area contributed by atoms with Gasteiger partial charge in [-0.3, -0.25) is 4.79 Å². The summed E-state index contributed by atoms with van der Waals surface area (Å²) in [6.45, 7) is 5.43. The Kier molecular flexibility index (Phi) is 5.00. The number of likely N-dealkylation sites (tertiary alicyclic amines) is 1. The molecule has 0 aromatic heterocycles. The zero-order chi connectivity index (χ0) is 15.4. The summed E-state index contributed by atoms with van der Waals surface area (Å²) in [6.07, 6.45) is 0.330. The molecule has 0 saturated carbocycles. The van der Waals surface area contributed by atoms with Crippen LogP contribution < -0.4 is 5.73 Å². The number of aryl methyl sites for hydroxylation is 1. The Bertz CT molecular complexity index is 586. The Balaban J connectivity index is 2.20. The van der Waals surface area contributed by atoms with Crippen molar-refractivity contribution in [3.05, 3.63) is 34.9 Å². The van der Waals surface area contributed by atoms with Crippen molar-refractivity contribution in [1.82, 2.24) is 4.90 Å². The van der Waals surface area contributed by atoms with E-state index in [2.05, 4.69) is 11.8 Å². The van der Waals surface area contributed by atoms with Crippen LogP contribution >= 0.6 is 0 Å². The molecule has 0 bridgehead atoms. The number of hydrogen-bond donors (Lipinski definition) is 2. The van der Waals surface area contributed by atoms with Gasteiger partial charge in [-0.25, -0.2) is 0 Å². The summed E-state index contributed by atoms with van der Waals surface area (Å²) in [7, 11) is 0. The highest BCUT2D eigenvalue weighted by atomic mass is 16.3. The Morgan fingerprint density at radius 2 is 2.29 bits per heavy atom. The first-order valence-electron chi connectivity index (χ1n) is 7.30. The van der Waals surface area contributed by atoms with Gasteiger partial charge in [0.05, 0.1) is 12.6 Å². The minimum atomic E-state index is -0.307. The van der Waals surface area contributed by atoms with Crippen molar-refractivity contribution < 1.29 is 9.90 Å². The third-order valence-corrected chi connectivity index (χ3v) is 3.96. The van der Waals surface area contributed by atoms with E-state index < -0.39 is 0 Å². The van der Waals surface area contributed by atoms with Gasteiger partial charge >= 0.3 is 0 Å². The molecule has 1 amide bonds. The van der Waals surface area contributed by atoms with Crippen LogP contribution in [0.2, 0.25) is 0 Å². The van der Waals surface area contributed by atoms with Gasteiger partial charge in [0.15, 0.2) is 0 Å². The largest absolute Gasteiger partial charge is 0.393 e. The molecular formula is C17H22N2O2. The van der Waals surface area contributed by atoms with Gasteiger partial charge in [0.1, 0.15) is 0 Å². The third-order valence-electron chi connectivity index (χ3n) is 3.96. The highest BCUT2D eigenvalue weighted by Crippen LogP contribution is 2.19. The number of rotatable bonds is 1. The van der Waals surface area contributed by atoms with Crippen molar-refractivity contribution in [3.63, 3.8) is 0 Å². The lowest BCUT2D eigenvalue weighted by Gasteiger charge is -2.34. The Labute approximate surface area is 125 Å². The molecule has 1 aliphatic rings. The van der Waals surface area contributed by atoms with Gasteiger partial charge in [-0.2, -0.15) is 0 Å². The molecule has 21 heavy (non-hydrogen) atoms. The molecule has 1 fully saturated rings. The summed E-state index contributed by atoms with van der Waals surface area (Å²) in [4.78, 5) is 14.4. The monoisotopic (exact) mass is 286 g/mol. The molecule has 1 aliphatic heterocycles. The second-order valence-electron chi connectivity index (χ2n) is 5.62. The van der Waals surface area contributed by atoms with Crippen molar-refractivity contribution in [2.45, 2.75) is 26.4 Å². The van der Waals surface area contributed by atoms with Crippen molar-refractivity contribution >= 4 is 5.91 Å². The molecular weight excluding hydrogens is 264 g/mol. The summed E-state index contributed by atoms with van der Waals surface area (Å²) in [6, 6.07) is 5.58. The lowest BCUT2D eigenvalue weighted by atomic mass is 9.96. The molecule has 3 N–H and O–H groups in total. The summed E-state index contributed by atoms with van der Waals surface area (Å²) < 4.78 is 0. The summed E-state index contributed by atoms with van der Waals surface area (Å²) in [5.41, 5.74) is 7.92. The van der Waals surface area contributed by atoms with Crippen LogP contribution in [0.5, 0.6) is 0 Å². The predicted molar refractivity (Wildman–Crippen MR) is 82.8 cm³/mol. The molecule has 1 heterocycles. The molecule has 2 rings (SSSR count). The van der Waals surface area contributed by atoms with Crippen LogP contribution in [-0.2, 0) is 0 Å². The highest BCUT2D eigenvalue weighted by molar-refractivity contribution is 5.94. The van der Waals surface area contributed by atoms with E-state index in [0.717, 1.165) is 11.1 Å². The van der Waals surface area contributed by atoms with E-state index in [-0.39, 0.29) is 17.9 Å². The van der Waals surface area contributed by atoms with Crippen LogP contribution in [0.15, 0.2) is 18.2 Å². The fourth-order valence-electron chi connectivity index (χ4n) is 2.54. The minimum Gasteiger partial charge on any atom is -0.393 e. The fraction of sp³-hybridized carbons (Fsp3) is 0.471. The second-order valence-corrected chi connectivity index (χ2v) is 5.62. The van der Waals surface area contributed by atoms with Crippen LogP contribution in [0, 0.1) is 24.7 Å². The average molecular weight is 286 g/mol. The van der Waals surface area contributed by atoms with E-state index in [4.69, 9.17) is 5.73 Å². The van der Waals surface area contributed by atoms with Crippen LogP contribution in [0.25, 0.3) is 0 Å². The number of amides is 1. The Hall–Kier alpha value is -1.83. The van der Waals surface area contributed by atoms with Crippen LogP contribution in [0.1, 0.15) is 34.8 Å². The topological polar surface area (TPSA) is 66.6 Å². The van der Waals surface area contributed by atoms with E-state index in [1.807, 2.05) is 36.9 Å².